The maximum Gasteiger partial charge on any atom is 0.348 e. The molecule has 28 heavy (non-hydrogen) atoms. The fourth-order valence-electron chi connectivity index (χ4n) is 3.65. The minimum Gasteiger partial charge on any atom is -0.497 e. The van der Waals surface area contributed by atoms with Gasteiger partial charge in [-0.2, -0.15) is 4.68 Å². The molecule has 0 aliphatic carbocycles. The summed E-state index contributed by atoms with van der Waals surface area (Å²) < 4.78 is 6.60. The summed E-state index contributed by atoms with van der Waals surface area (Å²) in [6.07, 6.45) is 8.32. The van der Waals surface area contributed by atoms with E-state index in [1.165, 1.54) is 4.68 Å². The van der Waals surface area contributed by atoms with Crippen molar-refractivity contribution in [1.82, 2.24) is 29.6 Å². The molecule has 4 rings (SSSR count). The molecule has 0 amide bonds. The van der Waals surface area contributed by atoms with Crippen molar-refractivity contribution in [3.8, 4) is 11.4 Å². The third kappa shape index (κ3) is 4.12. The number of aromatic nitrogens is 5. The lowest BCUT2D eigenvalue weighted by Gasteiger charge is -2.31. The van der Waals surface area contributed by atoms with Crippen LogP contribution in [-0.4, -0.2) is 56.4 Å². The van der Waals surface area contributed by atoms with Crippen molar-refractivity contribution < 1.29 is 4.74 Å². The lowest BCUT2D eigenvalue weighted by Crippen LogP contribution is -2.36. The van der Waals surface area contributed by atoms with E-state index in [-0.39, 0.29) is 11.6 Å². The van der Waals surface area contributed by atoms with Gasteiger partial charge in [0.2, 0.25) is 0 Å². The third-order valence-corrected chi connectivity index (χ3v) is 5.18. The minimum atomic E-state index is -0.210. The van der Waals surface area contributed by atoms with E-state index in [1.807, 2.05) is 36.7 Å². The number of methoxy groups -OCH3 is 1. The van der Waals surface area contributed by atoms with Gasteiger partial charge in [0.05, 0.1) is 12.8 Å². The number of likely N-dealkylation sites (tertiary alicyclic amines) is 1. The van der Waals surface area contributed by atoms with E-state index in [1.54, 1.807) is 13.4 Å². The Kier molecular flexibility index (Phi) is 5.48. The topological polar surface area (TPSA) is 88.9 Å². The van der Waals surface area contributed by atoms with E-state index < -0.39 is 0 Å². The van der Waals surface area contributed by atoms with E-state index >= 15 is 0 Å². The second-order valence-electron chi connectivity index (χ2n) is 7.06. The number of hydrogen-bond donors (Lipinski definition) is 1. The molecule has 146 valence electrons. The Morgan fingerprint density at radius 1 is 1.21 bits per heavy atom. The number of rotatable bonds is 6. The molecule has 1 aliphatic rings. The van der Waals surface area contributed by atoms with Gasteiger partial charge in [0.1, 0.15) is 17.9 Å². The van der Waals surface area contributed by atoms with Gasteiger partial charge in [0.25, 0.3) is 0 Å². The summed E-state index contributed by atoms with van der Waals surface area (Å²) in [6, 6.07) is 7.32. The molecule has 1 aromatic carbocycles. The number of hydrogen-bond acceptors (Lipinski definition) is 6. The van der Waals surface area contributed by atoms with Gasteiger partial charge in [-0.25, -0.2) is 14.8 Å². The highest BCUT2D eigenvalue weighted by Gasteiger charge is 2.24. The second-order valence-corrected chi connectivity index (χ2v) is 7.06. The predicted octanol–water partition coefficient (Wildman–Crippen LogP) is 1.78. The van der Waals surface area contributed by atoms with Crippen LogP contribution in [0.5, 0.6) is 5.75 Å². The zero-order chi connectivity index (χ0) is 19.3. The highest BCUT2D eigenvalue weighted by Crippen LogP contribution is 2.24. The third-order valence-electron chi connectivity index (χ3n) is 5.18. The molecule has 1 fully saturated rings. The predicted molar refractivity (Wildman–Crippen MR) is 105 cm³/mol. The molecule has 3 aromatic rings. The van der Waals surface area contributed by atoms with Crippen LogP contribution in [0.4, 0.5) is 0 Å². The Morgan fingerprint density at radius 3 is 2.75 bits per heavy atom. The molecule has 3 heterocycles. The summed E-state index contributed by atoms with van der Waals surface area (Å²) in [5.74, 6) is 1.74. The number of ether oxygens (including phenoxy) is 1. The highest BCUT2D eigenvalue weighted by atomic mass is 16.5. The maximum absolute atomic E-state index is 12.4. The Bertz CT molecular complexity index is 951. The fraction of sp³-hybridized carbons (Fsp3) is 0.400. The zero-order valence-electron chi connectivity index (χ0n) is 15.9. The zero-order valence-corrected chi connectivity index (χ0v) is 15.9. The normalized spacial score (nSPS) is 17.5. The lowest BCUT2D eigenvalue weighted by atomic mass is 9.97. The molecule has 1 saturated heterocycles. The van der Waals surface area contributed by atoms with Gasteiger partial charge < -0.3 is 9.64 Å². The van der Waals surface area contributed by atoms with Gasteiger partial charge in [0.15, 0.2) is 0 Å². The van der Waals surface area contributed by atoms with Crippen molar-refractivity contribution in [3.05, 3.63) is 64.9 Å². The molecule has 1 atom stereocenters. The lowest BCUT2D eigenvalue weighted by molar-refractivity contribution is 0.206. The summed E-state index contributed by atoms with van der Waals surface area (Å²) in [7, 11) is 1.62. The molecule has 0 bridgehead atoms. The fourth-order valence-corrected chi connectivity index (χ4v) is 3.65. The second kappa shape index (κ2) is 8.35. The number of nitrogens with one attached hydrogen (secondary N) is 1. The molecule has 0 spiro atoms. The number of H-pyrrole nitrogens is 1. The average Bonchev–Trinajstić information content (AvgIpc) is 3.15. The summed E-state index contributed by atoms with van der Waals surface area (Å²) in [5.41, 5.74) is 1.66. The van der Waals surface area contributed by atoms with Crippen molar-refractivity contribution in [2.75, 3.05) is 26.7 Å². The first-order chi connectivity index (χ1) is 13.7. The average molecular weight is 380 g/mol. The Balaban J connectivity index is 1.44. The standard InChI is InChI=1S/C20H24N6O2/c1-28-18-6-4-17(5-7-18)26-20(27)23-19(24-26)16-3-2-9-25(13-16)10-8-15-11-21-14-22-12-15/h4-7,11-12,14,16H,2-3,8-10,13H2,1H3,(H,23,24,27). The summed E-state index contributed by atoms with van der Waals surface area (Å²) >= 11 is 0. The monoisotopic (exact) mass is 380 g/mol. The van der Waals surface area contributed by atoms with E-state index in [2.05, 4.69) is 25.0 Å². The van der Waals surface area contributed by atoms with E-state index in [9.17, 15) is 4.79 Å². The van der Waals surface area contributed by atoms with Crippen LogP contribution in [0.15, 0.2) is 47.8 Å². The summed E-state index contributed by atoms with van der Waals surface area (Å²) in [4.78, 5) is 25.9. The molecule has 1 unspecified atom stereocenters. The smallest absolute Gasteiger partial charge is 0.348 e. The van der Waals surface area contributed by atoms with Crippen LogP contribution >= 0.6 is 0 Å². The summed E-state index contributed by atoms with van der Waals surface area (Å²) in [6.45, 7) is 2.91. The molecule has 1 N–H and O–H groups in total. The molecule has 0 saturated carbocycles. The SMILES string of the molecule is COc1ccc(-n2nc(C3CCCN(CCc4cncnc4)C3)[nH]c2=O)cc1. The Labute approximate surface area is 163 Å². The van der Waals surface area contributed by atoms with Crippen molar-refractivity contribution >= 4 is 0 Å². The van der Waals surface area contributed by atoms with Crippen LogP contribution in [0.3, 0.4) is 0 Å². The molecular weight excluding hydrogens is 356 g/mol. The van der Waals surface area contributed by atoms with Crippen LogP contribution in [0.25, 0.3) is 5.69 Å². The first-order valence-electron chi connectivity index (χ1n) is 9.53. The van der Waals surface area contributed by atoms with E-state index in [4.69, 9.17) is 4.74 Å². The van der Waals surface area contributed by atoms with Crippen LogP contribution in [0.2, 0.25) is 0 Å². The number of aromatic amines is 1. The number of piperidine rings is 1. The molecule has 1 aliphatic heterocycles. The molecule has 0 radical (unpaired) electrons. The first-order valence-corrected chi connectivity index (χ1v) is 9.53. The molecule has 2 aromatic heterocycles. The number of benzene rings is 1. The molecule has 8 nitrogen and oxygen atoms in total. The van der Waals surface area contributed by atoms with Crippen molar-refractivity contribution in [2.45, 2.75) is 25.2 Å². The van der Waals surface area contributed by atoms with Crippen molar-refractivity contribution in [3.63, 3.8) is 0 Å². The van der Waals surface area contributed by atoms with Crippen molar-refractivity contribution in [2.24, 2.45) is 0 Å². The van der Waals surface area contributed by atoms with Gasteiger partial charge in [-0.3, -0.25) is 4.98 Å². The quantitative estimate of drug-likeness (QED) is 0.701. The van der Waals surface area contributed by atoms with Gasteiger partial charge in [-0.05, 0) is 55.6 Å². The highest BCUT2D eigenvalue weighted by molar-refractivity contribution is 5.36. The Morgan fingerprint density at radius 2 is 2.00 bits per heavy atom. The first kappa shape index (κ1) is 18.4. The van der Waals surface area contributed by atoms with Gasteiger partial charge in [-0.15, -0.1) is 5.10 Å². The Hall–Kier alpha value is -3.00. The maximum atomic E-state index is 12.4. The van der Waals surface area contributed by atoms with Crippen LogP contribution in [0, 0.1) is 0 Å². The molecule has 8 heteroatoms. The van der Waals surface area contributed by atoms with E-state index in [0.29, 0.717) is 0 Å². The minimum absolute atomic E-state index is 0.210. The van der Waals surface area contributed by atoms with Crippen LogP contribution < -0.4 is 10.4 Å². The van der Waals surface area contributed by atoms with Crippen molar-refractivity contribution in [1.29, 1.82) is 0 Å². The van der Waals surface area contributed by atoms with Crippen LogP contribution in [-0.2, 0) is 6.42 Å². The molecular formula is C20H24N6O2. The van der Waals surface area contributed by atoms with Gasteiger partial charge in [0, 0.05) is 31.4 Å². The number of nitrogens with zero attached hydrogens (tertiary/aromatic N) is 5. The largest absolute Gasteiger partial charge is 0.497 e. The van der Waals surface area contributed by atoms with E-state index in [0.717, 1.165) is 61.7 Å². The van der Waals surface area contributed by atoms with Crippen LogP contribution in [0.1, 0.15) is 30.1 Å². The van der Waals surface area contributed by atoms with Gasteiger partial charge in [-0.1, -0.05) is 0 Å². The van der Waals surface area contributed by atoms with Gasteiger partial charge >= 0.3 is 5.69 Å². The summed E-state index contributed by atoms with van der Waals surface area (Å²) in [5, 5.41) is 4.57.